The molecule has 0 radical (unpaired) electrons. The maximum absolute atomic E-state index is 13.2. The van der Waals surface area contributed by atoms with Crippen molar-refractivity contribution in [1.29, 1.82) is 0 Å². The van der Waals surface area contributed by atoms with Crippen molar-refractivity contribution in [3.05, 3.63) is 52.9 Å². The second-order valence-electron chi connectivity index (χ2n) is 5.93. The zero-order valence-electron chi connectivity index (χ0n) is 14.6. The molecule has 0 saturated carbocycles. The monoisotopic (exact) mass is 492 g/mol. The molecule has 1 aliphatic heterocycles. The molecule has 2 heterocycles. The Hall–Kier alpha value is -1.42. The first-order chi connectivity index (χ1) is 12.2. The van der Waals surface area contributed by atoms with Crippen molar-refractivity contribution in [2.24, 2.45) is 4.99 Å². The number of hydrogen-bond acceptors (Lipinski definition) is 3. The number of thiophene rings is 1. The third-order valence-electron chi connectivity index (χ3n) is 4.23. The Morgan fingerprint density at radius 2 is 1.85 bits per heavy atom. The highest BCUT2D eigenvalue weighted by molar-refractivity contribution is 14.0. The Morgan fingerprint density at radius 1 is 1.15 bits per heavy atom. The van der Waals surface area contributed by atoms with Gasteiger partial charge in [-0.1, -0.05) is 0 Å². The number of piperazine rings is 1. The minimum atomic E-state index is -0.538. The molecule has 2 aromatic rings. The Morgan fingerprint density at radius 3 is 2.42 bits per heavy atom. The first kappa shape index (κ1) is 20.9. The quantitative estimate of drug-likeness (QED) is 0.402. The van der Waals surface area contributed by atoms with Crippen molar-refractivity contribution in [3.8, 4) is 0 Å². The maximum Gasteiger partial charge on any atom is 0.193 e. The Kier molecular flexibility index (Phi) is 8.08. The van der Waals surface area contributed by atoms with Gasteiger partial charge in [-0.3, -0.25) is 4.99 Å². The van der Waals surface area contributed by atoms with E-state index in [4.69, 9.17) is 0 Å². The summed E-state index contributed by atoms with van der Waals surface area (Å²) in [6.07, 6.45) is 0.545. The van der Waals surface area contributed by atoms with Crippen LogP contribution >= 0.6 is 35.3 Å². The first-order valence-corrected chi connectivity index (χ1v) is 9.22. The predicted octanol–water partition coefficient (Wildman–Crippen LogP) is 3.58. The molecule has 1 aromatic carbocycles. The van der Waals surface area contributed by atoms with Crippen molar-refractivity contribution >= 4 is 46.3 Å². The number of benzene rings is 1. The van der Waals surface area contributed by atoms with Crippen molar-refractivity contribution < 1.29 is 8.78 Å². The molecule has 26 heavy (non-hydrogen) atoms. The van der Waals surface area contributed by atoms with E-state index in [2.05, 4.69) is 37.6 Å². The molecule has 0 amide bonds. The lowest BCUT2D eigenvalue weighted by molar-refractivity contribution is 0.374. The van der Waals surface area contributed by atoms with E-state index < -0.39 is 11.6 Å². The van der Waals surface area contributed by atoms with E-state index in [1.54, 1.807) is 18.4 Å². The summed E-state index contributed by atoms with van der Waals surface area (Å²) in [6.45, 7) is 4.28. The van der Waals surface area contributed by atoms with Gasteiger partial charge in [0, 0.05) is 45.8 Å². The molecule has 1 N–H and O–H groups in total. The lowest BCUT2D eigenvalue weighted by Gasteiger charge is -2.37. The van der Waals surface area contributed by atoms with Crippen molar-refractivity contribution in [1.82, 2.24) is 10.2 Å². The molecule has 1 fully saturated rings. The molecular formula is C18H23F2IN4S. The molecule has 1 aromatic heterocycles. The molecular weight excluding hydrogens is 469 g/mol. The van der Waals surface area contributed by atoms with Gasteiger partial charge >= 0.3 is 0 Å². The van der Waals surface area contributed by atoms with Crippen LogP contribution in [0.5, 0.6) is 0 Å². The summed E-state index contributed by atoms with van der Waals surface area (Å²) >= 11 is 1.76. The van der Waals surface area contributed by atoms with Crippen LogP contribution in [0.1, 0.15) is 5.56 Å². The summed E-state index contributed by atoms with van der Waals surface area (Å²) in [5.41, 5.74) is 0.642. The summed E-state index contributed by atoms with van der Waals surface area (Å²) < 4.78 is 26.5. The fraction of sp³-hybridized carbons (Fsp3) is 0.389. The van der Waals surface area contributed by atoms with Gasteiger partial charge in [0.1, 0.15) is 11.6 Å². The van der Waals surface area contributed by atoms with Gasteiger partial charge < -0.3 is 15.1 Å². The topological polar surface area (TPSA) is 30.9 Å². The molecule has 1 aliphatic rings. The minimum Gasteiger partial charge on any atom is -0.360 e. The SMILES string of the molecule is CN=C(NCCc1cc(F)cc(F)c1)N1CCN(c2cccs2)CC1.I. The van der Waals surface area contributed by atoms with Crippen LogP contribution in [0, 0.1) is 11.6 Å². The lowest BCUT2D eigenvalue weighted by Crippen LogP contribution is -2.52. The van der Waals surface area contributed by atoms with E-state index >= 15 is 0 Å². The van der Waals surface area contributed by atoms with E-state index in [9.17, 15) is 8.78 Å². The smallest absolute Gasteiger partial charge is 0.193 e. The number of nitrogens with zero attached hydrogens (tertiary/aromatic N) is 3. The molecule has 1 saturated heterocycles. The van der Waals surface area contributed by atoms with E-state index in [-0.39, 0.29) is 24.0 Å². The van der Waals surface area contributed by atoms with Crippen molar-refractivity contribution in [2.75, 3.05) is 44.7 Å². The van der Waals surface area contributed by atoms with Crippen LogP contribution < -0.4 is 10.2 Å². The molecule has 0 unspecified atom stereocenters. The van der Waals surface area contributed by atoms with E-state index in [0.717, 1.165) is 38.2 Å². The standard InChI is InChI=1S/C18H22F2N4S.HI/c1-21-18(22-5-4-14-11-15(19)13-16(20)12-14)24-8-6-23(7-9-24)17-3-2-10-25-17;/h2-3,10-13H,4-9H2,1H3,(H,21,22);1H. The predicted molar refractivity (Wildman–Crippen MR) is 115 cm³/mol. The molecule has 0 spiro atoms. The molecule has 3 rings (SSSR count). The molecule has 0 bridgehead atoms. The summed E-state index contributed by atoms with van der Waals surface area (Å²) in [5, 5.41) is 6.69. The minimum absolute atomic E-state index is 0. The molecule has 8 heteroatoms. The van der Waals surface area contributed by atoms with Gasteiger partial charge in [-0.25, -0.2) is 8.78 Å². The van der Waals surface area contributed by atoms with E-state index in [0.29, 0.717) is 18.5 Å². The zero-order valence-corrected chi connectivity index (χ0v) is 17.8. The number of aliphatic imine (C=N–C) groups is 1. The summed E-state index contributed by atoms with van der Waals surface area (Å²) in [6, 6.07) is 7.84. The normalized spacial score (nSPS) is 15.0. The lowest BCUT2D eigenvalue weighted by atomic mass is 10.1. The van der Waals surface area contributed by atoms with Gasteiger partial charge in [0.25, 0.3) is 0 Å². The highest BCUT2D eigenvalue weighted by Crippen LogP contribution is 2.22. The van der Waals surface area contributed by atoms with E-state index in [1.165, 1.54) is 17.1 Å². The Labute approximate surface area is 173 Å². The van der Waals surface area contributed by atoms with Crippen LogP contribution in [0.25, 0.3) is 0 Å². The number of halogens is 3. The number of hydrogen-bond donors (Lipinski definition) is 1. The fourth-order valence-electron chi connectivity index (χ4n) is 2.99. The second kappa shape index (κ2) is 10.1. The van der Waals surface area contributed by atoms with E-state index in [1.807, 2.05) is 0 Å². The number of anilines is 1. The number of rotatable bonds is 4. The second-order valence-corrected chi connectivity index (χ2v) is 6.85. The van der Waals surface area contributed by atoms with Crippen LogP contribution in [-0.2, 0) is 6.42 Å². The number of guanidine groups is 1. The largest absolute Gasteiger partial charge is 0.360 e. The van der Waals surface area contributed by atoms with Gasteiger partial charge in [-0.2, -0.15) is 0 Å². The van der Waals surface area contributed by atoms with Crippen LogP contribution in [0.3, 0.4) is 0 Å². The molecule has 142 valence electrons. The third kappa shape index (κ3) is 5.54. The van der Waals surface area contributed by atoms with Gasteiger partial charge in [-0.15, -0.1) is 35.3 Å². The molecule has 0 atom stereocenters. The van der Waals surface area contributed by atoms with Gasteiger partial charge in [-0.05, 0) is 41.6 Å². The Balaban J connectivity index is 0.00000243. The van der Waals surface area contributed by atoms with Gasteiger partial charge in [0.15, 0.2) is 5.96 Å². The fourth-order valence-corrected chi connectivity index (χ4v) is 3.78. The van der Waals surface area contributed by atoms with Crippen LogP contribution in [0.15, 0.2) is 40.7 Å². The average molecular weight is 492 g/mol. The van der Waals surface area contributed by atoms with Crippen LogP contribution in [0.4, 0.5) is 13.8 Å². The third-order valence-corrected chi connectivity index (χ3v) is 5.16. The summed E-state index contributed by atoms with van der Waals surface area (Å²) in [4.78, 5) is 8.93. The van der Waals surface area contributed by atoms with Gasteiger partial charge in [0.2, 0.25) is 0 Å². The van der Waals surface area contributed by atoms with Gasteiger partial charge in [0.05, 0.1) is 5.00 Å². The van der Waals surface area contributed by atoms with Crippen molar-refractivity contribution in [2.45, 2.75) is 6.42 Å². The molecule has 4 nitrogen and oxygen atoms in total. The highest BCUT2D eigenvalue weighted by Gasteiger charge is 2.20. The highest BCUT2D eigenvalue weighted by atomic mass is 127. The van der Waals surface area contributed by atoms with Crippen LogP contribution in [0.2, 0.25) is 0 Å². The Bertz CT molecular complexity index is 696. The maximum atomic E-state index is 13.2. The zero-order chi connectivity index (χ0) is 17.6. The average Bonchev–Trinajstić information content (AvgIpc) is 3.13. The van der Waals surface area contributed by atoms with Crippen LogP contribution in [-0.4, -0.2) is 50.6 Å². The first-order valence-electron chi connectivity index (χ1n) is 8.35. The van der Waals surface area contributed by atoms with Crippen molar-refractivity contribution in [3.63, 3.8) is 0 Å². The molecule has 0 aliphatic carbocycles. The number of nitrogens with one attached hydrogen (secondary N) is 1. The summed E-state index contributed by atoms with van der Waals surface area (Å²) in [5.74, 6) is -0.240. The summed E-state index contributed by atoms with van der Waals surface area (Å²) in [7, 11) is 1.76.